The molecule has 154 valence electrons. The minimum atomic E-state index is 0.0192. The van der Waals surface area contributed by atoms with Crippen LogP contribution in [0.25, 0.3) is 0 Å². The number of nitrogens with one attached hydrogen (secondary N) is 1. The van der Waals surface area contributed by atoms with Crippen molar-refractivity contribution < 1.29 is 9.59 Å². The second kappa shape index (κ2) is 9.78. The van der Waals surface area contributed by atoms with Crippen LogP contribution in [-0.4, -0.2) is 64.2 Å². The summed E-state index contributed by atoms with van der Waals surface area (Å²) >= 11 is 7.51. The van der Waals surface area contributed by atoms with Crippen LogP contribution in [0.3, 0.4) is 0 Å². The van der Waals surface area contributed by atoms with Crippen molar-refractivity contribution in [2.45, 2.75) is 63.2 Å². The summed E-state index contributed by atoms with van der Waals surface area (Å²) < 4.78 is 0. The third-order valence-corrected chi connectivity index (χ3v) is 6.36. The number of carbonyl (C=O) groups excluding carboxylic acids is 2. The summed E-state index contributed by atoms with van der Waals surface area (Å²) in [7, 11) is 0. The molecule has 1 aromatic rings. The van der Waals surface area contributed by atoms with E-state index >= 15 is 0 Å². The van der Waals surface area contributed by atoms with E-state index in [0.717, 1.165) is 18.7 Å². The second-order valence-electron chi connectivity index (χ2n) is 7.53. The van der Waals surface area contributed by atoms with Crippen LogP contribution < -0.4 is 10.2 Å². The number of carbonyl (C=O) groups is 2. The van der Waals surface area contributed by atoms with Crippen molar-refractivity contribution in [2.24, 2.45) is 0 Å². The first-order valence-corrected chi connectivity index (χ1v) is 11.3. The van der Waals surface area contributed by atoms with E-state index in [0.29, 0.717) is 36.0 Å². The maximum absolute atomic E-state index is 12.2. The van der Waals surface area contributed by atoms with Crippen LogP contribution in [0.15, 0.2) is 11.2 Å². The highest BCUT2D eigenvalue weighted by atomic mass is 35.5. The first kappa shape index (κ1) is 21.2. The van der Waals surface area contributed by atoms with Gasteiger partial charge in [-0.3, -0.25) is 9.59 Å². The van der Waals surface area contributed by atoms with Crippen molar-refractivity contribution in [2.75, 3.05) is 30.3 Å². The summed E-state index contributed by atoms with van der Waals surface area (Å²) in [6.45, 7) is 5.68. The topological polar surface area (TPSA) is 78.4 Å². The molecule has 1 unspecified atom stereocenters. The molecule has 0 spiro atoms. The van der Waals surface area contributed by atoms with Gasteiger partial charge in [0.05, 0.1) is 5.75 Å². The largest absolute Gasteiger partial charge is 0.353 e. The van der Waals surface area contributed by atoms with Gasteiger partial charge >= 0.3 is 0 Å². The van der Waals surface area contributed by atoms with Crippen LogP contribution >= 0.6 is 23.4 Å². The Labute approximate surface area is 175 Å². The van der Waals surface area contributed by atoms with E-state index in [1.54, 1.807) is 13.0 Å². The number of piperazine rings is 1. The van der Waals surface area contributed by atoms with Gasteiger partial charge in [0.1, 0.15) is 11.0 Å². The Morgan fingerprint density at radius 2 is 2.00 bits per heavy atom. The normalized spacial score (nSPS) is 20.9. The van der Waals surface area contributed by atoms with E-state index in [2.05, 4.69) is 20.2 Å². The maximum atomic E-state index is 12.2. The smallest absolute Gasteiger partial charge is 0.230 e. The van der Waals surface area contributed by atoms with Gasteiger partial charge in [0.2, 0.25) is 11.8 Å². The van der Waals surface area contributed by atoms with Gasteiger partial charge in [0.25, 0.3) is 0 Å². The molecule has 3 rings (SSSR count). The highest BCUT2D eigenvalue weighted by Crippen LogP contribution is 2.24. The predicted molar refractivity (Wildman–Crippen MR) is 112 cm³/mol. The van der Waals surface area contributed by atoms with Gasteiger partial charge in [-0.25, -0.2) is 9.97 Å². The summed E-state index contributed by atoms with van der Waals surface area (Å²) in [5, 5.41) is 3.97. The first-order chi connectivity index (χ1) is 13.4. The number of hydrogen-bond donors (Lipinski definition) is 1. The maximum Gasteiger partial charge on any atom is 0.230 e. The van der Waals surface area contributed by atoms with Crippen molar-refractivity contribution >= 4 is 41.0 Å². The van der Waals surface area contributed by atoms with E-state index in [1.807, 2.05) is 11.8 Å². The van der Waals surface area contributed by atoms with Crippen molar-refractivity contribution in [3.63, 3.8) is 0 Å². The molecular formula is C19H28ClN5O2S. The molecule has 1 saturated heterocycles. The number of thioether (sulfide) groups is 1. The lowest BCUT2D eigenvalue weighted by atomic mass is 9.95. The lowest BCUT2D eigenvalue weighted by molar-refractivity contribution is -0.131. The molecule has 1 N–H and O–H groups in total. The molecule has 1 aromatic heterocycles. The molecule has 0 radical (unpaired) electrons. The Hall–Kier alpha value is -1.54. The van der Waals surface area contributed by atoms with Crippen LogP contribution in [0.1, 0.15) is 46.0 Å². The molecule has 0 bridgehead atoms. The zero-order chi connectivity index (χ0) is 20.1. The van der Waals surface area contributed by atoms with Gasteiger partial charge in [-0.1, -0.05) is 42.6 Å². The molecule has 2 amide bonds. The molecule has 1 saturated carbocycles. The van der Waals surface area contributed by atoms with Gasteiger partial charge in [-0.15, -0.1) is 0 Å². The first-order valence-electron chi connectivity index (χ1n) is 9.91. The summed E-state index contributed by atoms with van der Waals surface area (Å²) in [6, 6.07) is 2.15. The average Bonchev–Trinajstić information content (AvgIpc) is 2.66. The lowest BCUT2D eigenvalue weighted by Gasteiger charge is -2.40. The van der Waals surface area contributed by atoms with Gasteiger partial charge in [-0.2, -0.15) is 0 Å². The highest BCUT2D eigenvalue weighted by molar-refractivity contribution is 7.99. The Morgan fingerprint density at radius 1 is 1.25 bits per heavy atom. The number of hydrogen-bond acceptors (Lipinski definition) is 6. The Bertz CT molecular complexity index is 714. The standard InChI is InChI=1S/C19H28ClN5O2S/c1-13-11-24(8-9-25(13)14(2)26)17-10-16(20)22-19(23-17)28-12-18(27)21-15-6-4-3-5-7-15/h10,13,15H,3-9,11-12H2,1-2H3,(H,21,27). The molecule has 1 aliphatic heterocycles. The monoisotopic (exact) mass is 425 g/mol. The molecule has 1 atom stereocenters. The van der Waals surface area contributed by atoms with E-state index in [9.17, 15) is 9.59 Å². The zero-order valence-electron chi connectivity index (χ0n) is 16.5. The van der Waals surface area contributed by atoms with Crippen LogP contribution in [0.4, 0.5) is 5.82 Å². The average molecular weight is 426 g/mol. The highest BCUT2D eigenvalue weighted by Gasteiger charge is 2.26. The summed E-state index contributed by atoms with van der Waals surface area (Å²) in [5.74, 6) is 1.13. The third-order valence-electron chi connectivity index (χ3n) is 5.32. The van der Waals surface area contributed by atoms with E-state index in [1.165, 1.54) is 31.0 Å². The van der Waals surface area contributed by atoms with Crippen molar-refractivity contribution in [3.05, 3.63) is 11.2 Å². The number of anilines is 1. The van der Waals surface area contributed by atoms with E-state index in [-0.39, 0.29) is 23.6 Å². The van der Waals surface area contributed by atoms with Crippen LogP contribution in [0.5, 0.6) is 0 Å². The lowest BCUT2D eigenvalue weighted by Crippen LogP contribution is -2.53. The molecule has 1 aliphatic carbocycles. The zero-order valence-corrected chi connectivity index (χ0v) is 18.1. The summed E-state index contributed by atoms with van der Waals surface area (Å²) in [5.41, 5.74) is 0. The van der Waals surface area contributed by atoms with Crippen molar-refractivity contribution in [1.82, 2.24) is 20.2 Å². The molecule has 28 heavy (non-hydrogen) atoms. The molecular weight excluding hydrogens is 398 g/mol. The summed E-state index contributed by atoms with van der Waals surface area (Å²) in [4.78, 5) is 36.7. The number of amides is 2. The molecule has 2 aliphatic rings. The molecule has 7 nitrogen and oxygen atoms in total. The van der Waals surface area contributed by atoms with Crippen molar-refractivity contribution in [3.8, 4) is 0 Å². The number of aromatic nitrogens is 2. The van der Waals surface area contributed by atoms with Gasteiger partial charge in [0.15, 0.2) is 5.16 Å². The SMILES string of the molecule is CC(=O)N1CCN(c2cc(Cl)nc(SCC(=O)NC3CCCCC3)n2)CC1C. The van der Waals surface area contributed by atoms with E-state index < -0.39 is 0 Å². The molecule has 2 heterocycles. The van der Waals surface area contributed by atoms with Gasteiger partial charge in [-0.05, 0) is 19.8 Å². The third kappa shape index (κ3) is 5.73. The minimum Gasteiger partial charge on any atom is -0.353 e. The quantitative estimate of drug-likeness (QED) is 0.444. The Morgan fingerprint density at radius 3 is 2.68 bits per heavy atom. The number of halogens is 1. The number of nitrogens with zero attached hydrogens (tertiary/aromatic N) is 4. The van der Waals surface area contributed by atoms with E-state index in [4.69, 9.17) is 11.6 Å². The van der Waals surface area contributed by atoms with Crippen LogP contribution in [0, 0.1) is 0 Å². The van der Waals surface area contributed by atoms with Gasteiger partial charge < -0.3 is 15.1 Å². The Kier molecular flexibility index (Phi) is 7.40. The predicted octanol–water partition coefficient (Wildman–Crippen LogP) is 2.73. The van der Waals surface area contributed by atoms with Crippen LogP contribution in [-0.2, 0) is 9.59 Å². The second-order valence-corrected chi connectivity index (χ2v) is 8.86. The fourth-order valence-corrected chi connectivity index (χ4v) is 4.78. The fourth-order valence-electron chi connectivity index (χ4n) is 3.89. The molecule has 0 aromatic carbocycles. The Balaban J connectivity index is 1.57. The molecule has 2 fully saturated rings. The van der Waals surface area contributed by atoms with Crippen LogP contribution in [0.2, 0.25) is 5.15 Å². The summed E-state index contributed by atoms with van der Waals surface area (Å²) in [6.07, 6.45) is 5.78. The molecule has 9 heteroatoms. The fraction of sp³-hybridized carbons (Fsp3) is 0.684. The minimum absolute atomic E-state index is 0.0192. The van der Waals surface area contributed by atoms with Gasteiger partial charge in [0, 0.05) is 44.7 Å². The van der Waals surface area contributed by atoms with Crippen molar-refractivity contribution in [1.29, 1.82) is 0 Å². The number of rotatable bonds is 5.